The number of nitrogens with zero attached hydrogens (tertiary/aromatic N) is 3. The van der Waals surface area contributed by atoms with E-state index < -0.39 is 0 Å². The van der Waals surface area contributed by atoms with Crippen molar-refractivity contribution in [2.75, 3.05) is 22.9 Å². The first-order valence-corrected chi connectivity index (χ1v) is 12.2. The Morgan fingerprint density at radius 3 is 2.90 bits per heavy atom. The summed E-state index contributed by atoms with van der Waals surface area (Å²) in [4.78, 5) is 27.2. The van der Waals surface area contributed by atoms with Gasteiger partial charge in [-0.1, -0.05) is 35.2 Å². The maximum absolute atomic E-state index is 12.8. The van der Waals surface area contributed by atoms with Crippen LogP contribution in [0.3, 0.4) is 0 Å². The molecule has 156 valence electrons. The molecule has 1 saturated heterocycles. The Morgan fingerprint density at radius 2 is 2.10 bits per heavy atom. The smallest absolute Gasteiger partial charge is 0.233 e. The summed E-state index contributed by atoms with van der Waals surface area (Å²) in [5.41, 5.74) is 1.52. The first-order valence-electron chi connectivity index (χ1n) is 9.52. The second-order valence-electron chi connectivity index (χ2n) is 6.81. The van der Waals surface area contributed by atoms with Crippen LogP contribution < -0.4 is 10.6 Å². The van der Waals surface area contributed by atoms with Crippen molar-refractivity contribution in [3.8, 4) is 0 Å². The van der Waals surface area contributed by atoms with Crippen molar-refractivity contribution in [3.63, 3.8) is 0 Å². The second-order valence-corrected chi connectivity index (χ2v) is 9.99. The van der Waals surface area contributed by atoms with Gasteiger partial charge < -0.3 is 15.5 Å². The molecule has 0 bridgehead atoms. The van der Waals surface area contributed by atoms with E-state index in [0.29, 0.717) is 16.6 Å². The van der Waals surface area contributed by atoms with Crippen LogP contribution in [0.2, 0.25) is 0 Å². The molecule has 2 N–H and O–H groups in total. The number of carbonyl (C=O) groups is 2. The molecule has 7 nitrogen and oxygen atoms in total. The van der Waals surface area contributed by atoms with Crippen molar-refractivity contribution >= 4 is 62.8 Å². The van der Waals surface area contributed by atoms with Crippen molar-refractivity contribution in [1.29, 1.82) is 0 Å². The monoisotopic (exact) mass is 459 g/mol. The Labute approximate surface area is 186 Å². The molecule has 3 aromatic rings. The lowest BCUT2D eigenvalue weighted by Crippen LogP contribution is -2.31. The van der Waals surface area contributed by atoms with Crippen molar-refractivity contribution in [3.05, 3.63) is 46.7 Å². The summed E-state index contributed by atoms with van der Waals surface area (Å²) >= 11 is 4.53. The van der Waals surface area contributed by atoms with E-state index in [9.17, 15) is 9.59 Å². The van der Waals surface area contributed by atoms with Gasteiger partial charge in [-0.15, -0.1) is 21.5 Å². The van der Waals surface area contributed by atoms with Crippen LogP contribution in [-0.2, 0) is 9.59 Å². The van der Waals surface area contributed by atoms with E-state index in [1.807, 2.05) is 35.2 Å². The minimum absolute atomic E-state index is 0.120. The van der Waals surface area contributed by atoms with Gasteiger partial charge in [0.25, 0.3) is 0 Å². The summed E-state index contributed by atoms with van der Waals surface area (Å²) in [7, 11) is 0. The summed E-state index contributed by atoms with van der Waals surface area (Å²) in [6.07, 6.45) is 2.07. The lowest BCUT2D eigenvalue weighted by atomic mass is 10.2. The van der Waals surface area contributed by atoms with Crippen LogP contribution in [0.15, 0.2) is 46.1 Å². The summed E-state index contributed by atoms with van der Waals surface area (Å²) < 4.78 is 0.746. The standard InChI is InChI=1S/C20H21N5O2S3/c1-13(26)21-14-5-2-6-15(11-14)22-19-23-24-20(30-19)29-12-18(27)25-9-3-7-16(25)17-8-4-10-28-17/h2,4-6,8,10-11,16H,3,7,9,12H2,1H3,(H,21,26)(H,22,23)/t16-/m0/s1. The summed E-state index contributed by atoms with van der Waals surface area (Å²) in [6, 6.07) is 11.7. The molecule has 0 radical (unpaired) electrons. The highest BCUT2D eigenvalue weighted by molar-refractivity contribution is 8.01. The van der Waals surface area contributed by atoms with Gasteiger partial charge in [0, 0.05) is 29.7 Å². The van der Waals surface area contributed by atoms with Gasteiger partial charge in [0.05, 0.1) is 11.8 Å². The molecule has 0 unspecified atom stereocenters. The van der Waals surface area contributed by atoms with Gasteiger partial charge in [0.2, 0.25) is 16.9 Å². The number of anilines is 3. The Bertz CT molecular complexity index is 1020. The first-order chi connectivity index (χ1) is 14.6. The van der Waals surface area contributed by atoms with Gasteiger partial charge in [-0.25, -0.2) is 0 Å². The quantitative estimate of drug-likeness (QED) is 0.496. The Balaban J connectivity index is 1.32. The van der Waals surface area contributed by atoms with Crippen molar-refractivity contribution in [2.45, 2.75) is 30.1 Å². The number of carbonyl (C=O) groups excluding carboxylic acids is 2. The van der Waals surface area contributed by atoms with E-state index >= 15 is 0 Å². The highest BCUT2D eigenvalue weighted by Gasteiger charge is 2.30. The number of thioether (sulfide) groups is 1. The Kier molecular flexibility index (Phi) is 6.66. The molecule has 30 heavy (non-hydrogen) atoms. The third-order valence-corrected chi connectivity index (χ3v) is 7.53. The highest BCUT2D eigenvalue weighted by Crippen LogP contribution is 2.35. The Hall–Kier alpha value is -2.43. The fraction of sp³-hybridized carbons (Fsp3) is 0.300. The zero-order valence-corrected chi connectivity index (χ0v) is 18.8. The molecule has 0 spiro atoms. The van der Waals surface area contributed by atoms with Gasteiger partial charge >= 0.3 is 0 Å². The number of rotatable bonds is 7. The van der Waals surface area contributed by atoms with E-state index in [2.05, 4.69) is 32.3 Å². The topological polar surface area (TPSA) is 87.2 Å². The predicted molar refractivity (Wildman–Crippen MR) is 123 cm³/mol. The van der Waals surface area contributed by atoms with E-state index in [0.717, 1.165) is 29.4 Å². The van der Waals surface area contributed by atoms with Crippen molar-refractivity contribution < 1.29 is 9.59 Å². The molecule has 10 heteroatoms. The normalized spacial score (nSPS) is 15.9. The first kappa shape index (κ1) is 20.8. The lowest BCUT2D eigenvalue weighted by Gasteiger charge is -2.23. The average Bonchev–Trinajstić information content (AvgIpc) is 3.46. The zero-order valence-electron chi connectivity index (χ0n) is 16.3. The molecule has 1 aliphatic rings. The van der Waals surface area contributed by atoms with Crippen LogP contribution in [0, 0.1) is 0 Å². The number of aromatic nitrogens is 2. The zero-order chi connectivity index (χ0) is 20.9. The molecule has 1 atom stereocenters. The van der Waals surface area contributed by atoms with Crippen molar-refractivity contribution in [2.24, 2.45) is 0 Å². The molecule has 0 aliphatic carbocycles. The molecular formula is C20H21N5O2S3. The van der Waals surface area contributed by atoms with Crippen LogP contribution in [0.25, 0.3) is 0 Å². The highest BCUT2D eigenvalue weighted by atomic mass is 32.2. The number of hydrogen-bond acceptors (Lipinski definition) is 8. The van der Waals surface area contributed by atoms with Crippen LogP contribution in [0.5, 0.6) is 0 Å². The van der Waals surface area contributed by atoms with Gasteiger partial charge in [0.1, 0.15) is 0 Å². The number of likely N-dealkylation sites (tertiary alicyclic amines) is 1. The summed E-state index contributed by atoms with van der Waals surface area (Å²) in [5.74, 6) is 0.378. The van der Waals surface area contributed by atoms with Gasteiger partial charge in [-0.3, -0.25) is 9.59 Å². The molecule has 2 amide bonds. The van der Waals surface area contributed by atoms with E-state index in [1.165, 1.54) is 34.9 Å². The number of benzene rings is 1. The average molecular weight is 460 g/mol. The van der Waals surface area contributed by atoms with E-state index in [1.54, 1.807) is 11.3 Å². The van der Waals surface area contributed by atoms with Gasteiger partial charge in [0.15, 0.2) is 4.34 Å². The van der Waals surface area contributed by atoms with Crippen LogP contribution in [-0.4, -0.2) is 39.2 Å². The maximum atomic E-state index is 12.8. The SMILES string of the molecule is CC(=O)Nc1cccc(Nc2nnc(SCC(=O)N3CCC[C@H]3c3cccs3)s2)c1. The third-order valence-electron chi connectivity index (χ3n) is 4.60. The van der Waals surface area contributed by atoms with E-state index in [4.69, 9.17) is 0 Å². The van der Waals surface area contributed by atoms with Crippen LogP contribution in [0.1, 0.15) is 30.7 Å². The molecular weight excluding hydrogens is 438 g/mol. The fourth-order valence-electron chi connectivity index (χ4n) is 3.37. The lowest BCUT2D eigenvalue weighted by molar-refractivity contribution is -0.129. The molecule has 3 heterocycles. The minimum atomic E-state index is -0.120. The van der Waals surface area contributed by atoms with Crippen LogP contribution in [0.4, 0.5) is 16.5 Å². The molecule has 1 fully saturated rings. The molecule has 1 aliphatic heterocycles. The third kappa shape index (κ3) is 5.18. The second kappa shape index (κ2) is 9.59. The largest absolute Gasteiger partial charge is 0.334 e. The number of thiophene rings is 1. The maximum Gasteiger partial charge on any atom is 0.233 e. The summed E-state index contributed by atoms with van der Waals surface area (Å²) in [5, 5.41) is 17.0. The number of amides is 2. The van der Waals surface area contributed by atoms with Gasteiger partial charge in [-0.2, -0.15) is 0 Å². The van der Waals surface area contributed by atoms with E-state index in [-0.39, 0.29) is 17.9 Å². The fourth-order valence-corrected chi connectivity index (χ4v) is 5.90. The molecule has 0 saturated carbocycles. The Morgan fingerprint density at radius 1 is 1.23 bits per heavy atom. The van der Waals surface area contributed by atoms with Crippen LogP contribution >= 0.6 is 34.4 Å². The molecule has 1 aromatic carbocycles. The van der Waals surface area contributed by atoms with Gasteiger partial charge in [-0.05, 0) is 42.5 Å². The molecule has 4 rings (SSSR count). The number of hydrogen-bond donors (Lipinski definition) is 2. The van der Waals surface area contributed by atoms with Crippen molar-refractivity contribution in [1.82, 2.24) is 15.1 Å². The predicted octanol–water partition coefficient (Wildman–Crippen LogP) is 4.76. The molecule has 2 aromatic heterocycles. The number of nitrogens with one attached hydrogen (secondary N) is 2. The minimum Gasteiger partial charge on any atom is -0.334 e. The summed E-state index contributed by atoms with van der Waals surface area (Å²) in [6.45, 7) is 2.29.